The van der Waals surface area contributed by atoms with Gasteiger partial charge in [0.25, 0.3) is 0 Å². The molecule has 1 heterocycles. The van der Waals surface area contributed by atoms with Gasteiger partial charge in [-0.05, 0) is 61.6 Å². The Morgan fingerprint density at radius 2 is 1.53 bits per heavy atom. The van der Waals surface area contributed by atoms with Gasteiger partial charge in [-0.15, -0.1) is 0 Å². The van der Waals surface area contributed by atoms with Crippen molar-refractivity contribution in [1.29, 1.82) is 0 Å². The van der Waals surface area contributed by atoms with Crippen molar-refractivity contribution in [1.82, 2.24) is 5.32 Å². The Hall–Kier alpha value is -3.35. The zero-order valence-corrected chi connectivity index (χ0v) is 17.2. The van der Waals surface area contributed by atoms with E-state index >= 15 is 0 Å². The van der Waals surface area contributed by atoms with Gasteiger partial charge in [0, 0.05) is 43.6 Å². The van der Waals surface area contributed by atoms with Gasteiger partial charge in [-0.1, -0.05) is 18.2 Å². The Balaban J connectivity index is 1.44. The largest absolute Gasteiger partial charge is 0.372 e. The first kappa shape index (κ1) is 21.4. The number of nitrogens with one attached hydrogen (secondary N) is 3. The topological polar surface area (TPSA) is 90.5 Å². The second-order valence-corrected chi connectivity index (χ2v) is 7.44. The summed E-state index contributed by atoms with van der Waals surface area (Å²) in [5, 5.41) is 7.82. The molecule has 30 heavy (non-hydrogen) atoms. The Bertz CT molecular complexity index is 890. The Morgan fingerprint density at radius 3 is 2.20 bits per heavy atom. The fourth-order valence-corrected chi connectivity index (χ4v) is 3.49. The average Bonchev–Trinajstić information content (AvgIpc) is 2.74. The van der Waals surface area contributed by atoms with E-state index in [-0.39, 0.29) is 5.91 Å². The minimum Gasteiger partial charge on any atom is -0.372 e. The van der Waals surface area contributed by atoms with Gasteiger partial charge in [-0.2, -0.15) is 0 Å². The Kier molecular flexibility index (Phi) is 7.43. The van der Waals surface area contributed by atoms with Crippen LogP contribution in [0, 0.1) is 0 Å². The molecular weight excluding hydrogens is 380 g/mol. The third kappa shape index (κ3) is 6.34. The number of piperidine rings is 1. The highest BCUT2D eigenvalue weighted by atomic mass is 16.2. The number of benzene rings is 2. The van der Waals surface area contributed by atoms with E-state index in [1.54, 1.807) is 24.3 Å². The lowest BCUT2D eigenvalue weighted by atomic mass is 10.1. The highest BCUT2D eigenvalue weighted by Crippen LogP contribution is 2.20. The van der Waals surface area contributed by atoms with Gasteiger partial charge in [0.15, 0.2) is 0 Å². The molecule has 0 bridgehead atoms. The predicted molar refractivity (Wildman–Crippen MR) is 119 cm³/mol. The summed E-state index contributed by atoms with van der Waals surface area (Å²) in [6, 6.07) is 15.0. The first-order chi connectivity index (χ1) is 14.5. The van der Waals surface area contributed by atoms with Crippen LogP contribution in [0.5, 0.6) is 0 Å². The van der Waals surface area contributed by atoms with E-state index in [2.05, 4.69) is 45.1 Å². The fourth-order valence-electron chi connectivity index (χ4n) is 3.49. The lowest BCUT2D eigenvalue weighted by Crippen LogP contribution is -2.36. The molecule has 7 nitrogen and oxygen atoms in total. The lowest BCUT2D eigenvalue weighted by molar-refractivity contribution is -0.136. The van der Waals surface area contributed by atoms with Crippen molar-refractivity contribution < 1.29 is 14.4 Å². The van der Waals surface area contributed by atoms with Gasteiger partial charge in [-0.25, -0.2) is 0 Å². The molecule has 2 aromatic rings. The minimum atomic E-state index is -0.740. The summed E-state index contributed by atoms with van der Waals surface area (Å²) < 4.78 is 0. The molecule has 158 valence electrons. The van der Waals surface area contributed by atoms with Crippen molar-refractivity contribution in [2.45, 2.75) is 32.6 Å². The summed E-state index contributed by atoms with van der Waals surface area (Å²) in [4.78, 5) is 37.7. The third-order valence-corrected chi connectivity index (χ3v) is 5.00. The van der Waals surface area contributed by atoms with Crippen LogP contribution in [0.15, 0.2) is 48.5 Å². The van der Waals surface area contributed by atoms with E-state index in [4.69, 9.17) is 0 Å². The molecule has 0 spiro atoms. The molecule has 3 rings (SSSR count). The molecule has 1 saturated heterocycles. The van der Waals surface area contributed by atoms with Gasteiger partial charge in [-0.3, -0.25) is 14.4 Å². The Labute approximate surface area is 176 Å². The summed E-state index contributed by atoms with van der Waals surface area (Å²) in [6.45, 7) is 4.00. The number of anilines is 3. The van der Waals surface area contributed by atoms with Gasteiger partial charge >= 0.3 is 11.8 Å². The molecule has 1 fully saturated rings. The second-order valence-electron chi connectivity index (χ2n) is 7.44. The van der Waals surface area contributed by atoms with Crippen molar-refractivity contribution in [3.63, 3.8) is 0 Å². The van der Waals surface area contributed by atoms with Crippen LogP contribution in [0.3, 0.4) is 0 Å². The van der Waals surface area contributed by atoms with Crippen LogP contribution in [0.1, 0.15) is 31.7 Å². The van der Waals surface area contributed by atoms with E-state index in [9.17, 15) is 14.4 Å². The molecule has 0 unspecified atom stereocenters. The highest BCUT2D eigenvalue weighted by Gasteiger charge is 2.14. The van der Waals surface area contributed by atoms with Crippen LogP contribution >= 0.6 is 0 Å². The van der Waals surface area contributed by atoms with Gasteiger partial charge in [0.2, 0.25) is 5.91 Å². The van der Waals surface area contributed by atoms with E-state index in [1.165, 1.54) is 31.9 Å². The zero-order chi connectivity index (χ0) is 21.3. The molecule has 0 radical (unpaired) electrons. The van der Waals surface area contributed by atoms with Crippen molar-refractivity contribution >= 4 is 34.8 Å². The second kappa shape index (κ2) is 10.4. The number of hydrogen-bond donors (Lipinski definition) is 3. The molecule has 3 N–H and O–H groups in total. The van der Waals surface area contributed by atoms with Crippen molar-refractivity contribution in [3.05, 3.63) is 54.1 Å². The summed E-state index contributed by atoms with van der Waals surface area (Å²) in [5.41, 5.74) is 3.34. The van der Waals surface area contributed by atoms with E-state index in [0.717, 1.165) is 18.7 Å². The molecule has 1 aliphatic heterocycles. The Morgan fingerprint density at radius 1 is 0.867 bits per heavy atom. The summed E-state index contributed by atoms with van der Waals surface area (Å²) in [6.07, 6.45) is 4.45. The molecular formula is C23H28N4O3. The summed E-state index contributed by atoms with van der Waals surface area (Å²) >= 11 is 0. The fraction of sp³-hybridized carbons (Fsp3) is 0.348. The van der Waals surface area contributed by atoms with Crippen LogP contribution in [-0.2, 0) is 20.8 Å². The monoisotopic (exact) mass is 408 g/mol. The summed E-state index contributed by atoms with van der Waals surface area (Å²) in [7, 11) is 0. The predicted octanol–water partition coefficient (Wildman–Crippen LogP) is 2.93. The van der Waals surface area contributed by atoms with Crippen LogP contribution in [0.4, 0.5) is 17.1 Å². The number of carbonyl (C=O) groups is 3. The van der Waals surface area contributed by atoms with E-state index in [0.29, 0.717) is 24.3 Å². The normalized spacial score (nSPS) is 13.4. The third-order valence-electron chi connectivity index (χ3n) is 5.00. The molecule has 0 atom stereocenters. The molecule has 7 heteroatoms. The summed E-state index contributed by atoms with van der Waals surface area (Å²) in [5.74, 6) is -1.64. The number of carbonyl (C=O) groups excluding carboxylic acids is 3. The quantitative estimate of drug-likeness (QED) is 0.641. The maximum Gasteiger partial charge on any atom is 0.313 e. The zero-order valence-electron chi connectivity index (χ0n) is 17.2. The number of rotatable bonds is 6. The SMILES string of the molecule is CC(=O)Nc1cccc(NC(=O)C(=O)NCCc2ccc(N3CCCCC3)cc2)c1. The van der Waals surface area contributed by atoms with Crippen LogP contribution in [0.2, 0.25) is 0 Å². The lowest BCUT2D eigenvalue weighted by Gasteiger charge is -2.28. The van der Waals surface area contributed by atoms with Gasteiger partial charge < -0.3 is 20.9 Å². The molecule has 0 saturated carbocycles. The van der Waals surface area contributed by atoms with Crippen LogP contribution in [-0.4, -0.2) is 37.4 Å². The van der Waals surface area contributed by atoms with Gasteiger partial charge in [0.05, 0.1) is 0 Å². The number of hydrogen-bond acceptors (Lipinski definition) is 4. The van der Waals surface area contributed by atoms with Crippen LogP contribution in [0.25, 0.3) is 0 Å². The molecule has 0 aromatic heterocycles. The van der Waals surface area contributed by atoms with E-state index < -0.39 is 11.8 Å². The number of amides is 3. The van der Waals surface area contributed by atoms with Crippen molar-refractivity contribution in [3.8, 4) is 0 Å². The highest BCUT2D eigenvalue weighted by molar-refractivity contribution is 6.39. The smallest absolute Gasteiger partial charge is 0.313 e. The minimum absolute atomic E-state index is 0.208. The molecule has 1 aliphatic rings. The van der Waals surface area contributed by atoms with E-state index in [1.807, 2.05) is 0 Å². The van der Waals surface area contributed by atoms with Gasteiger partial charge in [0.1, 0.15) is 0 Å². The first-order valence-corrected chi connectivity index (χ1v) is 10.3. The number of nitrogens with zero attached hydrogens (tertiary/aromatic N) is 1. The standard InChI is InChI=1S/C23H28N4O3/c1-17(28)25-19-6-5-7-20(16-19)26-23(30)22(29)24-13-12-18-8-10-21(11-9-18)27-14-3-2-4-15-27/h5-11,16H,2-4,12-15H2,1H3,(H,24,29)(H,25,28)(H,26,30). The maximum atomic E-state index is 12.1. The van der Waals surface area contributed by atoms with Crippen LogP contribution < -0.4 is 20.9 Å². The molecule has 2 aromatic carbocycles. The first-order valence-electron chi connectivity index (χ1n) is 10.3. The van der Waals surface area contributed by atoms with Crippen molar-refractivity contribution in [2.24, 2.45) is 0 Å². The van der Waals surface area contributed by atoms with Crippen molar-refractivity contribution in [2.75, 3.05) is 35.2 Å². The maximum absolute atomic E-state index is 12.1. The molecule has 0 aliphatic carbocycles. The molecule has 3 amide bonds. The average molecular weight is 409 g/mol.